The van der Waals surface area contributed by atoms with E-state index in [4.69, 9.17) is 9.72 Å². The monoisotopic (exact) mass is 482 g/mol. The Morgan fingerprint density at radius 1 is 1.00 bits per heavy atom. The normalized spacial score (nSPS) is 14.3. The second-order valence-corrected chi connectivity index (χ2v) is 9.45. The van der Waals surface area contributed by atoms with Crippen LogP contribution < -0.4 is 10.1 Å². The zero-order valence-electron chi connectivity index (χ0n) is 20.4. The van der Waals surface area contributed by atoms with E-state index in [2.05, 4.69) is 20.5 Å². The number of rotatable bonds is 5. The highest BCUT2D eigenvalue weighted by atomic mass is 16.5. The summed E-state index contributed by atoms with van der Waals surface area (Å²) in [5.74, 6) is 0.809. The van der Waals surface area contributed by atoms with E-state index in [0.717, 1.165) is 16.7 Å². The van der Waals surface area contributed by atoms with Crippen LogP contribution in [0.4, 0.5) is 5.95 Å². The second-order valence-electron chi connectivity index (χ2n) is 9.45. The smallest absolute Gasteiger partial charge is 0.253 e. The van der Waals surface area contributed by atoms with Crippen molar-refractivity contribution in [3.05, 3.63) is 83.7 Å². The van der Waals surface area contributed by atoms with Crippen LogP contribution in [-0.2, 0) is 4.79 Å². The van der Waals surface area contributed by atoms with Gasteiger partial charge in [0, 0.05) is 42.3 Å². The average molecular weight is 483 g/mol. The van der Waals surface area contributed by atoms with Gasteiger partial charge in [0.25, 0.3) is 5.91 Å². The van der Waals surface area contributed by atoms with Crippen molar-refractivity contribution in [1.82, 2.24) is 25.1 Å². The number of aromatic nitrogens is 4. The number of pyridine rings is 1. The van der Waals surface area contributed by atoms with E-state index in [9.17, 15) is 9.59 Å². The fourth-order valence-corrected chi connectivity index (χ4v) is 4.48. The van der Waals surface area contributed by atoms with Crippen molar-refractivity contribution in [1.29, 1.82) is 0 Å². The molecule has 0 aliphatic carbocycles. The fourth-order valence-electron chi connectivity index (χ4n) is 4.48. The molecular formula is C27H26N6O3. The predicted octanol–water partition coefficient (Wildman–Crippen LogP) is 4.47. The Kier molecular flexibility index (Phi) is 5.75. The number of benzene rings is 2. The Balaban J connectivity index is 1.53. The SMILES string of the molecule is CN(C)C(=O)c1ccc(-c2ccc3c(n2)Oc2ccccc2C3C(C)(C)C(=O)Nc2ncn[nH]2)cc1. The van der Waals surface area contributed by atoms with E-state index in [0.29, 0.717) is 28.8 Å². The summed E-state index contributed by atoms with van der Waals surface area (Å²) in [4.78, 5) is 36.0. The predicted molar refractivity (Wildman–Crippen MR) is 135 cm³/mol. The van der Waals surface area contributed by atoms with Gasteiger partial charge in [0.05, 0.1) is 11.1 Å². The molecular weight excluding hydrogens is 456 g/mol. The highest BCUT2D eigenvalue weighted by Gasteiger charge is 2.44. The first-order chi connectivity index (χ1) is 17.3. The summed E-state index contributed by atoms with van der Waals surface area (Å²) in [6.07, 6.45) is 1.34. The van der Waals surface area contributed by atoms with Crippen molar-refractivity contribution in [3.8, 4) is 22.9 Å². The number of hydrogen-bond acceptors (Lipinski definition) is 6. The molecule has 5 rings (SSSR count). The number of fused-ring (bicyclic) bond motifs is 2. The molecule has 2 aromatic carbocycles. The van der Waals surface area contributed by atoms with Crippen LogP contribution >= 0.6 is 0 Å². The van der Waals surface area contributed by atoms with Gasteiger partial charge in [0.2, 0.25) is 17.7 Å². The molecule has 2 aromatic heterocycles. The highest BCUT2D eigenvalue weighted by molar-refractivity contribution is 5.95. The summed E-state index contributed by atoms with van der Waals surface area (Å²) in [6.45, 7) is 3.79. The number of aromatic amines is 1. The first-order valence-corrected chi connectivity index (χ1v) is 11.5. The summed E-state index contributed by atoms with van der Waals surface area (Å²) in [5, 5.41) is 9.29. The van der Waals surface area contributed by atoms with Crippen LogP contribution in [0, 0.1) is 5.41 Å². The van der Waals surface area contributed by atoms with Crippen LogP contribution in [0.3, 0.4) is 0 Å². The molecule has 1 aliphatic heterocycles. The van der Waals surface area contributed by atoms with Crippen LogP contribution in [0.25, 0.3) is 11.3 Å². The molecule has 9 nitrogen and oxygen atoms in total. The summed E-state index contributed by atoms with van der Waals surface area (Å²) in [7, 11) is 3.44. The van der Waals surface area contributed by atoms with E-state index in [1.165, 1.54) is 11.2 Å². The quantitative estimate of drug-likeness (QED) is 0.434. The molecule has 3 heterocycles. The zero-order valence-corrected chi connectivity index (χ0v) is 20.4. The lowest BCUT2D eigenvalue weighted by Gasteiger charge is -2.37. The molecule has 9 heteroatoms. The largest absolute Gasteiger partial charge is 0.438 e. The van der Waals surface area contributed by atoms with Crippen molar-refractivity contribution in [3.63, 3.8) is 0 Å². The molecule has 2 amide bonds. The lowest BCUT2D eigenvalue weighted by molar-refractivity contribution is -0.124. The molecule has 182 valence electrons. The molecule has 0 bridgehead atoms. The molecule has 36 heavy (non-hydrogen) atoms. The molecule has 0 saturated carbocycles. The van der Waals surface area contributed by atoms with Crippen LogP contribution in [0.15, 0.2) is 67.0 Å². The second kappa shape index (κ2) is 8.92. The molecule has 4 aromatic rings. The number of carbonyl (C=O) groups is 2. The third-order valence-corrected chi connectivity index (χ3v) is 6.43. The highest BCUT2D eigenvalue weighted by Crippen LogP contribution is 2.51. The van der Waals surface area contributed by atoms with Gasteiger partial charge in [-0.2, -0.15) is 10.1 Å². The van der Waals surface area contributed by atoms with Crippen LogP contribution in [-0.4, -0.2) is 51.0 Å². The molecule has 0 spiro atoms. The number of ether oxygens (including phenoxy) is 1. The van der Waals surface area contributed by atoms with E-state index in [1.807, 2.05) is 62.4 Å². The van der Waals surface area contributed by atoms with Crippen molar-refractivity contribution in [2.24, 2.45) is 5.41 Å². The Morgan fingerprint density at radius 3 is 2.44 bits per heavy atom. The first-order valence-electron chi connectivity index (χ1n) is 11.5. The molecule has 2 N–H and O–H groups in total. The first kappa shape index (κ1) is 23.2. The third kappa shape index (κ3) is 4.08. The van der Waals surface area contributed by atoms with Crippen LogP contribution in [0.1, 0.15) is 41.3 Å². The average Bonchev–Trinajstić information content (AvgIpc) is 3.39. The van der Waals surface area contributed by atoms with Gasteiger partial charge in [-0.1, -0.05) is 50.2 Å². The van der Waals surface area contributed by atoms with Gasteiger partial charge in [0.1, 0.15) is 12.1 Å². The zero-order chi connectivity index (χ0) is 25.4. The minimum absolute atomic E-state index is 0.0615. The van der Waals surface area contributed by atoms with Gasteiger partial charge in [-0.3, -0.25) is 14.9 Å². The summed E-state index contributed by atoms with van der Waals surface area (Å²) < 4.78 is 6.21. The minimum Gasteiger partial charge on any atom is -0.438 e. The summed E-state index contributed by atoms with van der Waals surface area (Å²) >= 11 is 0. The van der Waals surface area contributed by atoms with Gasteiger partial charge >= 0.3 is 0 Å². The third-order valence-electron chi connectivity index (χ3n) is 6.43. The Labute approximate surface area is 208 Å². The number of H-pyrrole nitrogens is 1. The van der Waals surface area contributed by atoms with E-state index in [1.54, 1.807) is 26.2 Å². The summed E-state index contributed by atoms with van der Waals surface area (Å²) in [6, 6.07) is 18.9. The van der Waals surface area contributed by atoms with Crippen molar-refractivity contribution >= 4 is 17.8 Å². The number of carbonyl (C=O) groups excluding carboxylic acids is 2. The summed E-state index contributed by atoms with van der Waals surface area (Å²) in [5.41, 5.74) is 3.01. The number of para-hydroxylation sites is 1. The van der Waals surface area contributed by atoms with E-state index < -0.39 is 5.41 Å². The molecule has 1 aliphatic rings. The van der Waals surface area contributed by atoms with Gasteiger partial charge in [-0.05, 0) is 24.3 Å². The Bertz CT molecular complexity index is 1430. The Hall–Kier alpha value is -4.53. The fraction of sp³-hybridized carbons (Fsp3) is 0.222. The number of amides is 2. The van der Waals surface area contributed by atoms with Gasteiger partial charge < -0.3 is 9.64 Å². The lowest BCUT2D eigenvalue weighted by atomic mass is 9.69. The van der Waals surface area contributed by atoms with Gasteiger partial charge in [0.15, 0.2) is 0 Å². The van der Waals surface area contributed by atoms with Crippen molar-refractivity contribution < 1.29 is 14.3 Å². The van der Waals surface area contributed by atoms with Gasteiger partial charge in [-0.15, -0.1) is 0 Å². The molecule has 0 radical (unpaired) electrons. The van der Waals surface area contributed by atoms with E-state index >= 15 is 0 Å². The maximum Gasteiger partial charge on any atom is 0.253 e. The van der Waals surface area contributed by atoms with Crippen LogP contribution in [0.2, 0.25) is 0 Å². The maximum atomic E-state index is 13.4. The van der Waals surface area contributed by atoms with E-state index in [-0.39, 0.29) is 17.7 Å². The molecule has 1 unspecified atom stereocenters. The number of anilines is 1. The Morgan fingerprint density at radius 2 is 1.75 bits per heavy atom. The standard InChI is InChI=1S/C27H26N6O3/c1-27(2,25(35)31-26-28-15-29-32-26)22-18-7-5-6-8-21(18)36-23-19(22)13-14-20(30-23)16-9-11-17(12-10-16)24(34)33(3)4/h5-15,22H,1-4H3,(H2,28,29,31,32,35). The van der Waals surface area contributed by atoms with Crippen LogP contribution in [0.5, 0.6) is 11.6 Å². The lowest BCUT2D eigenvalue weighted by Crippen LogP contribution is -2.38. The topological polar surface area (TPSA) is 113 Å². The maximum absolute atomic E-state index is 13.4. The number of nitrogens with zero attached hydrogens (tertiary/aromatic N) is 4. The van der Waals surface area contributed by atoms with Crippen molar-refractivity contribution in [2.75, 3.05) is 19.4 Å². The van der Waals surface area contributed by atoms with Crippen molar-refractivity contribution in [2.45, 2.75) is 19.8 Å². The minimum atomic E-state index is -0.876. The molecule has 0 saturated heterocycles. The molecule has 0 fully saturated rings. The molecule has 1 atom stereocenters. The number of nitrogens with one attached hydrogen (secondary N) is 2. The number of hydrogen-bond donors (Lipinski definition) is 2. The van der Waals surface area contributed by atoms with Gasteiger partial charge in [-0.25, -0.2) is 10.1 Å².